The Bertz CT molecular complexity index is 183. The normalized spacial score (nSPS) is 13.9. The van der Waals surface area contributed by atoms with Gasteiger partial charge in [-0.1, -0.05) is 43.8 Å². The van der Waals surface area contributed by atoms with Gasteiger partial charge in [-0.15, -0.1) is 0 Å². The lowest BCUT2D eigenvalue weighted by molar-refractivity contribution is 0.701. The van der Waals surface area contributed by atoms with Crippen LogP contribution in [0.15, 0.2) is 0 Å². The highest BCUT2D eigenvalue weighted by molar-refractivity contribution is 7.61. The zero-order chi connectivity index (χ0) is 10.9. The average molecular weight is 233 g/mol. The van der Waals surface area contributed by atoms with Crippen LogP contribution in [0.3, 0.4) is 0 Å². The van der Waals surface area contributed by atoms with E-state index in [4.69, 9.17) is 0 Å². The van der Waals surface area contributed by atoms with Crippen molar-refractivity contribution in [3.63, 3.8) is 0 Å². The number of hydrogen-bond acceptors (Lipinski definition) is 1. The van der Waals surface area contributed by atoms with Gasteiger partial charge in [0, 0.05) is 0 Å². The molecule has 78 valence electrons. The zero-order valence-corrected chi connectivity index (χ0v) is 13.3. The molecular formula is C9H24NPSi2. The second-order valence-electron chi connectivity index (χ2n) is 5.80. The summed E-state index contributed by atoms with van der Waals surface area (Å²) in [4.78, 5) is 0. The Morgan fingerprint density at radius 2 is 1.15 bits per heavy atom. The molecule has 0 aromatic heterocycles. The fraction of sp³-hybridized carbons (Fsp3) is 0.889. The highest BCUT2D eigenvalue weighted by Gasteiger charge is 2.31. The van der Waals surface area contributed by atoms with Crippen molar-refractivity contribution in [2.45, 2.75) is 39.3 Å². The Balaban J connectivity index is 5.01. The Hall–Kier alpha value is 0.564. The molecule has 0 radical (unpaired) electrons. The molecule has 0 bridgehead atoms. The highest BCUT2D eigenvalue weighted by Crippen LogP contribution is 2.22. The molecule has 0 atom stereocenters. The van der Waals surface area contributed by atoms with Gasteiger partial charge in [0.2, 0.25) is 0 Å². The summed E-state index contributed by atoms with van der Waals surface area (Å²) in [6.45, 7) is 14.8. The first-order chi connectivity index (χ1) is 5.55. The largest absolute Gasteiger partial charge is 0.264 e. The third-order valence-corrected chi connectivity index (χ3v) is 14.3. The Labute approximate surface area is 87.4 Å². The van der Waals surface area contributed by atoms with Crippen LogP contribution >= 0.6 is 8.35 Å². The Morgan fingerprint density at radius 3 is 1.23 bits per heavy atom. The molecule has 0 saturated heterocycles. The van der Waals surface area contributed by atoms with Gasteiger partial charge in [-0.05, 0) is 22.5 Å². The van der Waals surface area contributed by atoms with Gasteiger partial charge in [0.05, 0.1) is 16.1 Å². The molecule has 0 N–H and O–H groups in total. The summed E-state index contributed by atoms with van der Waals surface area (Å²) in [7, 11) is 3.69. The van der Waals surface area contributed by atoms with E-state index in [1.165, 1.54) is 8.35 Å². The van der Waals surface area contributed by atoms with Crippen molar-refractivity contribution in [2.24, 2.45) is 0 Å². The maximum atomic E-state index is 2.47. The van der Waals surface area contributed by atoms with Crippen molar-refractivity contribution in [2.75, 3.05) is 14.1 Å². The lowest BCUT2D eigenvalue weighted by Gasteiger charge is -2.31. The standard InChI is InChI=1S/C9H24NPSi2/c1-10(2)11-9(12(3,4)5)13(6,7)8/h1-8H3. The number of nitrogens with zero attached hydrogens (tertiary/aromatic N) is 1. The molecule has 0 amide bonds. The molecule has 0 fully saturated rings. The molecule has 0 aliphatic heterocycles. The molecular weight excluding hydrogens is 209 g/mol. The molecule has 4 heteroatoms. The lowest BCUT2D eigenvalue weighted by atomic mass is 11.3. The van der Waals surface area contributed by atoms with Gasteiger partial charge in [-0.2, -0.15) is 0 Å². The minimum absolute atomic E-state index is 1.06. The summed E-state index contributed by atoms with van der Waals surface area (Å²) in [5, 5.41) is 0. The van der Waals surface area contributed by atoms with Crippen LogP contribution in [0.25, 0.3) is 0 Å². The van der Waals surface area contributed by atoms with Crippen molar-refractivity contribution in [3.05, 3.63) is 0 Å². The zero-order valence-electron chi connectivity index (χ0n) is 10.4. The van der Waals surface area contributed by atoms with Gasteiger partial charge in [0.25, 0.3) is 0 Å². The Kier molecular flexibility index (Phi) is 4.58. The van der Waals surface area contributed by atoms with Gasteiger partial charge >= 0.3 is 0 Å². The smallest absolute Gasteiger partial charge is 0.0747 e. The van der Waals surface area contributed by atoms with Gasteiger partial charge < -0.3 is 0 Å². The molecule has 1 nitrogen and oxygen atoms in total. The van der Waals surface area contributed by atoms with E-state index >= 15 is 0 Å². The summed E-state index contributed by atoms with van der Waals surface area (Å²) < 4.78 is 4.16. The van der Waals surface area contributed by atoms with Crippen LogP contribution in [0.4, 0.5) is 0 Å². The maximum absolute atomic E-state index is 2.47. The second kappa shape index (κ2) is 4.39. The van der Waals surface area contributed by atoms with Crippen LogP contribution in [-0.4, -0.2) is 39.5 Å². The van der Waals surface area contributed by atoms with E-state index in [9.17, 15) is 0 Å². The fourth-order valence-electron chi connectivity index (χ4n) is 1.62. The van der Waals surface area contributed by atoms with E-state index in [1.807, 2.05) is 4.54 Å². The summed E-state index contributed by atoms with van der Waals surface area (Å²) in [6.07, 6.45) is 0. The monoisotopic (exact) mass is 233 g/mol. The molecule has 0 rings (SSSR count). The summed E-state index contributed by atoms with van der Waals surface area (Å²) in [6, 6.07) is 0. The molecule has 0 unspecified atom stereocenters. The topological polar surface area (TPSA) is 3.24 Å². The first-order valence-electron chi connectivity index (χ1n) is 4.82. The van der Waals surface area contributed by atoms with E-state index in [1.54, 1.807) is 0 Å². The van der Waals surface area contributed by atoms with E-state index in [-0.39, 0.29) is 0 Å². The molecule has 0 heterocycles. The van der Waals surface area contributed by atoms with Gasteiger partial charge in [-0.3, -0.25) is 4.67 Å². The third-order valence-electron chi connectivity index (χ3n) is 1.72. The molecule has 0 saturated carbocycles. The predicted octanol–water partition coefficient (Wildman–Crippen LogP) is 3.34. The molecule has 0 aliphatic carbocycles. The molecule has 0 aromatic rings. The predicted molar refractivity (Wildman–Crippen MR) is 72.3 cm³/mol. The first-order valence-corrected chi connectivity index (χ1v) is 12.7. The quantitative estimate of drug-likeness (QED) is 0.534. The van der Waals surface area contributed by atoms with E-state index in [0.717, 1.165) is 0 Å². The lowest BCUT2D eigenvalue weighted by Crippen LogP contribution is -2.48. The van der Waals surface area contributed by atoms with Crippen molar-refractivity contribution >= 4 is 29.0 Å². The van der Waals surface area contributed by atoms with Crippen LogP contribution in [0, 0.1) is 0 Å². The average Bonchev–Trinajstić information content (AvgIpc) is 1.77. The van der Waals surface area contributed by atoms with Crippen molar-refractivity contribution < 1.29 is 0 Å². The fourth-order valence-corrected chi connectivity index (χ4v) is 14.6. The Morgan fingerprint density at radius 1 is 0.846 bits per heavy atom. The SMILES string of the molecule is CN(C)P=C([Si](C)(C)C)[Si](C)(C)C. The van der Waals surface area contributed by atoms with Gasteiger partial charge in [0.1, 0.15) is 0 Å². The summed E-state index contributed by atoms with van der Waals surface area (Å²) in [5.41, 5.74) is 0. The minimum atomic E-state index is -1.06. The van der Waals surface area contributed by atoms with E-state index < -0.39 is 16.1 Å². The van der Waals surface area contributed by atoms with Gasteiger partial charge in [0.15, 0.2) is 0 Å². The second-order valence-corrected chi connectivity index (χ2v) is 18.6. The molecule has 0 spiro atoms. The summed E-state index contributed by atoms with van der Waals surface area (Å²) in [5.74, 6) is 0. The third kappa shape index (κ3) is 5.11. The van der Waals surface area contributed by atoms with E-state index in [0.29, 0.717) is 0 Å². The summed E-state index contributed by atoms with van der Waals surface area (Å²) >= 11 is 0. The highest BCUT2D eigenvalue weighted by atomic mass is 31.1. The van der Waals surface area contributed by atoms with Gasteiger partial charge in [-0.25, -0.2) is 0 Å². The van der Waals surface area contributed by atoms with Crippen LogP contribution in [0.1, 0.15) is 0 Å². The van der Waals surface area contributed by atoms with E-state index in [2.05, 4.69) is 58.0 Å². The number of rotatable bonds is 3. The van der Waals surface area contributed by atoms with Crippen molar-refractivity contribution in [1.29, 1.82) is 0 Å². The molecule has 0 aliphatic rings. The minimum Gasteiger partial charge on any atom is -0.264 e. The molecule has 0 aromatic carbocycles. The van der Waals surface area contributed by atoms with Crippen molar-refractivity contribution in [1.82, 2.24) is 4.67 Å². The first kappa shape index (κ1) is 13.6. The number of hydrogen-bond donors (Lipinski definition) is 0. The van der Waals surface area contributed by atoms with Crippen molar-refractivity contribution in [3.8, 4) is 0 Å². The van der Waals surface area contributed by atoms with Crippen LogP contribution < -0.4 is 0 Å². The maximum Gasteiger partial charge on any atom is 0.0747 e. The van der Waals surface area contributed by atoms with Crippen LogP contribution in [0.2, 0.25) is 39.3 Å². The molecule has 13 heavy (non-hydrogen) atoms. The van der Waals surface area contributed by atoms with Crippen LogP contribution in [0.5, 0.6) is 0 Å². The van der Waals surface area contributed by atoms with Crippen LogP contribution in [-0.2, 0) is 0 Å².